The van der Waals surface area contributed by atoms with Crippen molar-refractivity contribution in [2.24, 2.45) is 0 Å². The molecule has 0 saturated carbocycles. The number of imidazole rings is 1. The molecule has 1 saturated heterocycles. The first-order valence-electron chi connectivity index (χ1n) is 10.1. The number of nitrogens with one attached hydrogen (secondary N) is 1. The van der Waals surface area contributed by atoms with Crippen molar-refractivity contribution in [1.29, 1.82) is 0 Å². The van der Waals surface area contributed by atoms with Gasteiger partial charge in [-0.15, -0.1) is 0 Å². The number of fused-ring (bicyclic) bond motifs is 1. The smallest absolute Gasteiger partial charge is 0.302 e. The molecule has 158 valence electrons. The fraction of sp³-hybridized carbons (Fsp3) is 0.0800. The van der Waals surface area contributed by atoms with E-state index in [9.17, 15) is 19.8 Å². The predicted molar refractivity (Wildman–Crippen MR) is 120 cm³/mol. The van der Waals surface area contributed by atoms with E-state index in [0.29, 0.717) is 22.2 Å². The number of aromatic nitrogens is 2. The Morgan fingerprint density at radius 1 is 0.969 bits per heavy atom. The van der Waals surface area contributed by atoms with Crippen LogP contribution in [0.15, 0.2) is 78.4 Å². The first kappa shape index (κ1) is 19.6. The highest BCUT2D eigenvalue weighted by Crippen LogP contribution is 2.42. The number of benzene rings is 3. The Bertz CT molecular complexity index is 1350. The van der Waals surface area contributed by atoms with Crippen molar-refractivity contribution in [2.45, 2.75) is 13.0 Å². The molecule has 0 spiro atoms. The van der Waals surface area contributed by atoms with Crippen LogP contribution in [0.3, 0.4) is 0 Å². The number of aromatic hydroxyl groups is 1. The monoisotopic (exact) mass is 425 g/mol. The highest BCUT2D eigenvalue weighted by Gasteiger charge is 2.48. The lowest BCUT2D eigenvalue weighted by Crippen LogP contribution is -2.30. The Labute approximate surface area is 183 Å². The molecule has 0 bridgehead atoms. The Morgan fingerprint density at radius 2 is 1.66 bits per heavy atom. The molecule has 4 aromatic rings. The number of carbonyl (C=O) groups is 2. The molecule has 1 fully saturated rings. The van der Waals surface area contributed by atoms with Crippen molar-refractivity contribution >= 4 is 34.4 Å². The summed E-state index contributed by atoms with van der Waals surface area (Å²) in [6, 6.07) is 19.6. The minimum absolute atomic E-state index is 0.0370. The molecule has 3 aromatic carbocycles. The van der Waals surface area contributed by atoms with Gasteiger partial charge < -0.3 is 15.2 Å². The lowest BCUT2D eigenvalue weighted by Gasteiger charge is -2.23. The van der Waals surface area contributed by atoms with Crippen LogP contribution in [0.5, 0.6) is 5.75 Å². The highest BCUT2D eigenvalue weighted by molar-refractivity contribution is 6.51. The Balaban J connectivity index is 1.73. The van der Waals surface area contributed by atoms with Gasteiger partial charge >= 0.3 is 5.91 Å². The molecule has 1 unspecified atom stereocenters. The van der Waals surface area contributed by atoms with E-state index in [-0.39, 0.29) is 23.0 Å². The molecule has 7 nitrogen and oxygen atoms in total. The number of aryl methyl sites for hydroxylation is 1. The first-order chi connectivity index (χ1) is 15.4. The molecule has 1 aliphatic rings. The molecule has 0 aliphatic carbocycles. The molecule has 7 heteroatoms. The van der Waals surface area contributed by atoms with E-state index in [2.05, 4.69) is 9.97 Å². The number of phenols is 1. The third kappa shape index (κ3) is 3.11. The van der Waals surface area contributed by atoms with Gasteiger partial charge in [-0.3, -0.25) is 14.5 Å². The molecule has 1 amide bonds. The number of aliphatic hydroxyl groups is 1. The number of ketones is 1. The minimum Gasteiger partial charge on any atom is -0.508 e. The first-order valence-corrected chi connectivity index (χ1v) is 10.1. The number of nitrogens with zero attached hydrogens (tertiary/aromatic N) is 2. The summed E-state index contributed by atoms with van der Waals surface area (Å²) in [5.41, 5.74) is 3.31. The zero-order chi connectivity index (χ0) is 22.4. The normalized spacial score (nSPS) is 17.9. The number of aromatic amines is 1. The van der Waals surface area contributed by atoms with Gasteiger partial charge in [0.05, 0.1) is 22.6 Å². The Morgan fingerprint density at radius 3 is 2.34 bits per heavy atom. The number of phenolic OH excluding ortho intramolecular Hbond substituents is 1. The Hall–Kier alpha value is -4.39. The number of aliphatic hydroxyl groups excluding tert-OH is 1. The van der Waals surface area contributed by atoms with E-state index in [1.54, 1.807) is 30.3 Å². The van der Waals surface area contributed by atoms with E-state index in [4.69, 9.17) is 0 Å². The second-order valence-electron chi connectivity index (χ2n) is 7.70. The topological polar surface area (TPSA) is 107 Å². The van der Waals surface area contributed by atoms with Crippen LogP contribution < -0.4 is 4.90 Å². The maximum atomic E-state index is 13.2. The van der Waals surface area contributed by atoms with Gasteiger partial charge in [0.25, 0.3) is 5.78 Å². The van der Waals surface area contributed by atoms with Crippen LogP contribution in [-0.4, -0.2) is 31.9 Å². The van der Waals surface area contributed by atoms with Gasteiger partial charge in [0.15, 0.2) is 0 Å². The molecular formula is C25H19N3O4. The van der Waals surface area contributed by atoms with Gasteiger partial charge in [0.1, 0.15) is 11.5 Å². The summed E-state index contributed by atoms with van der Waals surface area (Å²) >= 11 is 0. The van der Waals surface area contributed by atoms with Crippen molar-refractivity contribution in [3.63, 3.8) is 0 Å². The zero-order valence-corrected chi connectivity index (χ0v) is 17.1. The minimum atomic E-state index is -0.919. The summed E-state index contributed by atoms with van der Waals surface area (Å²) in [6.45, 7) is 1.92. The van der Waals surface area contributed by atoms with Crippen molar-refractivity contribution in [3.05, 3.63) is 95.1 Å². The van der Waals surface area contributed by atoms with E-state index < -0.39 is 17.7 Å². The van der Waals surface area contributed by atoms with Gasteiger partial charge in [-0.25, -0.2) is 4.98 Å². The van der Waals surface area contributed by atoms with Crippen LogP contribution in [-0.2, 0) is 9.59 Å². The van der Waals surface area contributed by atoms with Crippen molar-refractivity contribution < 1.29 is 19.8 Å². The second-order valence-corrected chi connectivity index (χ2v) is 7.70. The van der Waals surface area contributed by atoms with Gasteiger partial charge in [-0.05, 0) is 36.8 Å². The molecule has 1 atom stereocenters. The summed E-state index contributed by atoms with van der Waals surface area (Å²) in [7, 11) is 0. The third-order valence-corrected chi connectivity index (χ3v) is 5.58. The van der Waals surface area contributed by atoms with Gasteiger partial charge in [-0.1, -0.05) is 54.1 Å². The molecule has 0 radical (unpaired) electrons. The number of carbonyl (C=O) groups excluding carboxylic acids is 2. The van der Waals surface area contributed by atoms with E-state index >= 15 is 0 Å². The molecule has 2 heterocycles. The van der Waals surface area contributed by atoms with Crippen LogP contribution in [0, 0.1) is 6.92 Å². The number of rotatable bonds is 3. The standard InChI is InChI=1S/C25H19N3O4/c1-14-6-8-16(9-7-14)22(30)20-21(15-10-12-17(29)13-11-15)28(24(32)23(20)31)25-26-18-4-2-3-5-19(18)27-25/h2-13,21,29-30H,1H3,(H,26,27)/b22-20+. The SMILES string of the molecule is Cc1ccc(/C(O)=C2\C(=O)C(=O)N(c3nc4ccccc4[nH]3)C2c2ccc(O)cc2)cc1. The summed E-state index contributed by atoms with van der Waals surface area (Å²) < 4.78 is 0. The summed E-state index contributed by atoms with van der Waals surface area (Å²) in [5, 5.41) is 20.8. The third-order valence-electron chi connectivity index (χ3n) is 5.58. The van der Waals surface area contributed by atoms with E-state index in [0.717, 1.165) is 5.56 Å². The fourth-order valence-electron chi connectivity index (χ4n) is 3.94. The van der Waals surface area contributed by atoms with Crippen LogP contribution >= 0.6 is 0 Å². The number of hydrogen-bond donors (Lipinski definition) is 3. The van der Waals surface area contributed by atoms with Crippen LogP contribution in [0.1, 0.15) is 22.7 Å². The lowest BCUT2D eigenvalue weighted by atomic mass is 9.95. The highest BCUT2D eigenvalue weighted by atomic mass is 16.3. The molecule has 1 aromatic heterocycles. The van der Waals surface area contributed by atoms with Gasteiger partial charge in [0, 0.05) is 5.56 Å². The maximum Gasteiger partial charge on any atom is 0.302 e. The van der Waals surface area contributed by atoms with Gasteiger partial charge in [-0.2, -0.15) is 0 Å². The molecule has 32 heavy (non-hydrogen) atoms. The maximum absolute atomic E-state index is 13.2. The van der Waals surface area contributed by atoms with Crippen LogP contribution in [0.25, 0.3) is 16.8 Å². The van der Waals surface area contributed by atoms with Crippen molar-refractivity contribution in [1.82, 2.24) is 9.97 Å². The largest absolute Gasteiger partial charge is 0.508 e. The fourth-order valence-corrected chi connectivity index (χ4v) is 3.94. The quantitative estimate of drug-likeness (QED) is 0.259. The number of amides is 1. The van der Waals surface area contributed by atoms with Crippen LogP contribution in [0.2, 0.25) is 0 Å². The van der Waals surface area contributed by atoms with Crippen molar-refractivity contribution in [2.75, 3.05) is 4.90 Å². The summed E-state index contributed by atoms with van der Waals surface area (Å²) in [6.07, 6.45) is 0. The van der Waals surface area contributed by atoms with E-state index in [1.165, 1.54) is 17.0 Å². The number of para-hydroxylation sites is 2. The molecule has 3 N–H and O–H groups in total. The van der Waals surface area contributed by atoms with Crippen LogP contribution in [0.4, 0.5) is 5.95 Å². The number of hydrogen-bond acceptors (Lipinski definition) is 5. The average Bonchev–Trinajstić information content (AvgIpc) is 3.33. The number of anilines is 1. The second kappa shape index (κ2) is 7.39. The molecular weight excluding hydrogens is 406 g/mol. The average molecular weight is 425 g/mol. The number of Topliss-reactive ketones (excluding diaryl/α,β-unsaturated/α-hetero) is 1. The predicted octanol–water partition coefficient (Wildman–Crippen LogP) is 4.20. The Kier molecular flexibility index (Phi) is 4.52. The summed E-state index contributed by atoms with van der Waals surface area (Å²) in [5.74, 6) is -1.61. The number of H-pyrrole nitrogens is 1. The van der Waals surface area contributed by atoms with E-state index in [1.807, 2.05) is 37.3 Å². The summed E-state index contributed by atoms with van der Waals surface area (Å²) in [4.78, 5) is 35.1. The molecule has 5 rings (SSSR count). The van der Waals surface area contributed by atoms with Crippen molar-refractivity contribution in [3.8, 4) is 5.75 Å². The zero-order valence-electron chi connectivity index (χ0n) is 17.1. The molecule has 1 aliphatic heterocycles. The van der Waals surface area contributed by atoms with Gasteiger partial charge in [0.2, 0.25) is 5.95 Å². The lowest BCUT2D eigenvalue weighted by molar-refractivity contribution is -0.132.